The summed E-state index contributed by atoms with van der Waals surface area (Å²) in [6, 6.07) is -1.56. The summed E-state index contributed by atoms with van der Waals surface area (Å²) in [6.07, 6.45) is -4.01. The van der Waals surface area contributed by atoms with Crippen molar-refractivity contribution in [2.75, 3.05) is 6.61 Å². The highest BCUT2D eigenvalue weighted by atomic mass is 28.4. The first-order valence-electron chi connectivity index (χ1n) is 13.6. The number of ether oxygens (including phenoxy) is 3. The smallest absolute Gasteiger partial charge is 0.508 e. The van der Waals surface area contributed by atoms with Crippen LogP contribution in [0.4, 0.5) is 9.59 Å². The Hall–Kier alpha value is -2.09. The Morgan fingerprint density at radius 1 is 0.718 bits per heavy atom. The molecule has 0 bridgehead atoms. The molecule has 0 spiro atoms. The van der Waals surface area contributed by atoms with Gasteiger partial charge in [-0.3, -0.25) is 9.59 Å². The third kappa shape index (κ3) is 11.9. The minimum Gasteiger partial charge on any atom is -0.519 e. The zero-order chi connectivity index (χ0) is 31.1. The minimum absolute atomic E-state index is 0.0416. The van der Waals surface area contributed by atoms with Crippen molar-refractivity contribution in [3.05, 3.63) is 0 Å². The molecule has 0 aromatic carbocycles. The second-order valence-electron chi connectivity index (χ2n) is 13.8. The summed E-state index contributed by atoms with van der Waals surface area (Å²) in [5.74, 6) is -2.61. The summed E-state index contributed by atoms with van der Waals surface area (Å²) in [4.78, 5) is 52.4. The van der Waals surface area contributed by atoms with Crippen LogP contribution in [0.1, 0.15) is 76.2 Å². The summed E-state index contributed by atoms with van der Waals surface area (Å²) in [7, 11) is -5.25. The first-order valence-corrected chi connectivity index (χ1v) is 19.4. The lowest BCUT2D eigenvalue weighted by atomic mass is 9.97. The van der Waals surface area contributed by atoms with Crippen molar-refractivity contribution in [1.29, 1.82) is 0 Å². The zero-order valence-corrected chi connectivity index (χ0v) is 28.8. The van der Waals surface area contributed by atoms with Crippen molar-refractivity contribution < 1.29 is 42.2 Å². The molecule has 0 aliphatic carbocycles. The fourth-order valence-electron chi connectivity index (χ4n) is 2.58. The van der Waals surface area contributed by atoms with E-state index in [0.717, 1.165) is 0 Å². The normalized spacial score (nSPS) is 15.2. The van der Waals surface area contributed by atoms with Gasteiger partial charge in [0.15, 0.2) is 6.04 Å². The number of hydrogen-bond donors (Lipinski definition) is 1. The van der Waals surface area contributed by atoms with Gasteiger partial charge in [-0.2, -0.15) is 0 Å². The van der Waals surface area contributed by atoms with E-state index in [9.17, 15) is 19.2 Å². The molecule has 3 atom stereocenters. The van der Waals surface area contributed by atoms with Crippen LogP contribution in [0, 0.1) is 11.8 Å². The summed E-state index contributed by atoms with van der Waals surface area (Å²) in [6.45, 7) is 28.0. The van der Waals surface area contributed by atoms with Crippen LogP contribution in [0.3, 0.4) is 0 Å². The molecular weight excluding hydrogens is 538 g/mol. The number of amides is 1. The van der Waals surface area contributed by atoms with Gasteiger partial charge in [-0.1, -0.05) is 55.4 Å². The molecule has 0 aliphatic heterocycles. The lowest BCUT2D eigenvalue weighted by molar-refractivity contribution is -0.149. The van der Waals surface area contributed by atoms with E-state index < -0.39 is 65.0 Å². The summed E-state index contributed by atoms with van der Waals surface area (Å²) >= 11 is 0. The van der Waals surface area contributed by atoms with Gasteiger partial charge >= 0.3 is 18.2 Å². The molecule has 228 valence electrons. The van der Waals surface area contributed by atoms with Gasteiger partial charge in [-0.05, 0) is 63.0 Å². The number of nitrogens with one attached hydrogen (secondary N) is 1. The van der Waals surface area contributed by atoms with Gasteiger partial charge in [0.1, 0.15) is 6.10 Å². The van der Waals surface area contributed by atoms with Crippen LogP contribution in [0.25, 0.3) is 0 Å². The van der Waals surface area contributed by atoms with Crippen molar-refractivity contribution in [2.24, 2.45) is 11.8 Å². The third-order valence-electron chi connectivity index (χ3n) is 7.16. The Kier molecular flexibility index (Phi) is 13.3. The Balaban J connectivity index is 6.56. The quantitative estimate of drug-likeness (QED) is 0.214. The summed E-state index contributed by atoms with van der Waals surface area (Å²) in [5.41, 5.74) is 0. The minimum atomic E-state index is -2.68. The average molecular weight is 592 g/mol. The molecule has 10 nitrogen and oxygen atoms in total. The molecule has 0 aromatic heterocycles. The number of alkyl carbamates (subject to hydrolysis) is 1. The van der Waals surface area contributed by atoms with Crippen molar-refractivity contribution in [3.8, 4) is 0 Å². The molecular formula is C27H53NO9Si2. The van der Waals surface area contributed by atoms with Gasteiger partial charge < -0.3 is 28.4 Å². The van der Waals surface area contributed by atoms with E-state index in [1.54, 1.807) is 13.8 Å². The second-order valence-corrected chi connectivity index (χ2v) is 23.2. The molecule has 0 fully saturated rings. The Morgan fingerprint density at radius 3 is 1.54 bits per heavy atom. The molecule has 0 saturated carbocycles. The molecule has 2 unspecified atom stereocenters. The Labute approximate surface area is 237 Å². The van der Waals surface area contributed by atoms with Gasteiger partial charge in [-0.25, -0.2) is 9.59 Å². The van der Waals surface area contributed by atoms with Crippen molar-refractivity contribution in [3.63, 3.8) is 0 Å². The van der Waals surface area contributed by atoms with Gasteiger partial charge in [0, 0.05) is 0 Å². The highest BCUT2D eigenvalue weighted by molar-refractivity contribution is 6.76. The molecule has 0 rings (SSSR count). The second kappa shape index (κ2) is 14.0. The molecule has 0 aliphatic rings. The lowest BCUT2D eigenvalue weighted by Crippen LogP contribution is -2.58. The van der Waals surface area contributed by atoms with Crippen LogP contribution >= 0.6 is 0 Å². The summed E-state index contributed by atoms with van der Waals surface area (Å²) < 4.78 is 27.9. The molecule has 1 amide bonds. The Morgan fingerprint density at radius 2 is 1.15 bits per heavy atom. The van der Waals surface area contributed by atoms with Crippen molar-refractivity contribution >= 4 is 40.8 Å². The highest BCUT2D eigenvalue weighted by Gasteiger charge is 2.48. The van der Waals surface area contributed by atoms with Crippen LogP contribution in [-0.4, -0.2) is 65.7 Å². The van der Waals surface area contributed by atoms with Gasteiger partial charge in [0.05, 0.1) is 18.6 Å². The summed E-state index contributed by atoms with van der Waals surface area (Å²) in [5, 5.41) is 1.87. The standard InChI is InChI=1S/C27H53NO9Si2/c1-17(2)16-33-24(31)28-20(23(30)37-39(14,15)27(9,10)11)21(35-25(32)34-18(3)4)19(5)22(29)36-38(12,13)26(6,7)8/h17-21H,16H2,1-15H3,(H,28,31)/t19?,20-,21?/m0/s1. The number of hydrogen-bond acceptors (Lipinski definition) is 9. The fraction of sp³-hybridized carbons (Fsp3) is 0.852. The molecule has 0 heterocycles. The maximum Gasteiger partial charge on any atom is 0.508 e. The topological polar surface area (TPSA) is 126 Å². The predicted octanol–water partition coefficient (Wildman–Crippen LogP) is 6.40. The van der Waals surface area contributed by atoms with E-state index in [-0.39, 0.29) is 22.6 Å². The van der Waals surface area contributed by atoms with Crippen molar-refractivity contribution in [2.45, 2.75) is 131 Å². The maximum atomic E-state index is 13.7. The maximum absolute atomic E-state index is 13.7. The van der Waals surface area contributed by atoms with Gasteiger partial charge in [-0.15, -0.1) is 0 Å². The van der Waals surface area contributed by atoms with Gasteiger partial charge in [0.25, 0.3) is 22.6 Å². The molecule has 12 heteroatoms. The number of carbonyl (C=O) groups excluding carboxylic acids is 4. The fourth-order valence-corrected chi connectivity index (χ4v) is 4.51. The van der Waals surface area contributed by atoms with E-state index >= 15 is 0 Å². The first-order chi connectivity index (χ1) is 17.3. The predicted molar refractivity (Wildman–Crippen MR) is 155 cm³/mol. The molecule has 1 N–H and O–H groups in total. The number of carbonyl (C=O) groups is 4. The van der Waals surface area contributed by atoms with Crippen LogP contribution < -0.4 is 5.32 Å². The molecule has 0 aromatic rings. The third-order valence-corrected chi connectivity index (χ3v) is 15.8. The zero-order valence-electron chi connectivity index (χ0n) is 26.8. The van der Waals surface area contributed by atoms with Crippen molar-refractivity contribution in [1.82, 2.24) is 5.32 Å². The SMILES string of the molecule is CC(C)COC(=O)N[C@H](C(=O)O[Si](C)(C)C(C)(C)C)C(OC(=O)OC(C)C)C(C)C(=O)O[Si](C)(C)C(C)(C)C. The van der Waals surface area contributed by atoms with E-state index in [1.165, 1.54) is 6.92 Å². The van der Waals surface area contributed by atoms with Crippen LogP contribution in [-0.2, 0) is 32.7 Å². The average Bonchev–Trinajstić information content (AvgIpc) is 2.71. The van der Waals surface area contributed by atoms with Gasteiger partial charge in [0.2, 0.25) is 0 Å². The van der Waals surface area contributed by atoms with E-state index in [4.69, 9.17) is 23.1 Å². The van der Waals surface area contributed by atoms with Crippen LogP contribution in [0.5, 0.6) is 0 Å². The highest BCUT2D eigenvalue weighted by Crippen LogP contribution is 2.38. The molecule has 39 heavy (non-hydrogen) atoms. The van der Waals surface area contributed by atoms with Crippen LogP contribution in [0.2, 0.25) is 36.3 Å². The lowest BCUT2D eigenvalue weighted by Gasteiger charge is -2.39. The van der Waals surface area contributed by atoms with Crippen LogP contribution in [0.15, 0.2) is 0 Å². The van der Waals surface area contributed by atoms with E-state index in [2.05, 4.69) is 5.32 Å². The largest absolute Gasteiger partial charge is 0.519 e. The Bertz CT molecular complexity index is 858. The van der Waals surface area contributed by atoms with E-state index in [1.807, 2.05) is 81.6 Å². The number of rotatable bonds is 11. The molecule has 0 radical (unpaired) electrons. The monoisotopic (exact) mass is 591 g/mol. The first kappa shape index (κ1) is 36.9. The van der Waals surface area contributed by atoms with E-state index in [0.29, 0.717) is 0 Å². The molecule has 0 saturated heterocycles.